The van der Waals surface area contributed by atoms with E-state index in [0.717, 1.165) is 38.0 Å². The smallest absolute Gasteiger partial charge is 0.127 e. The lowest BCUT2D eigenvalue weighted by Gasteiger charge is -2.32. The minimum absolute atomic E-state index is 0.185. The second-order valence-electron chi connectivity index (χ2n) is 5.40. The van der Waals surface area contributed by atoms with Gasteiger partial charge in [0.05, 0.1) is 12.8 Å². The van der Waals surface area contributed by atoms with Crippen molar-refractivity contribution in [3.63, 3.8) is 0 Å². The number of hydrogen-bond donors (Lipinski definition) is 0. The molecule has 3 nitrogen and oxygen atoms in total. The summed E-state index contributed by atoms with van der Waals surface area (Å²) in [6.45, 7) is 5.90. The highest BCUT2D eigenvalue weighted by Crippen LogP contribution is 2.33. The fourth-order valence-corrected chi connectivity index (χ4v) is 2.44. The predicted molar refractivity (Wildman–Crippen MR) is 71.2 cm³/mol. The van der Waals surface area contributed by atoms with E-state index in [1.807, 2.05) is 12.1 Å². The Morgan fingerprint density at radius 1 is 1.44 bits per heavy atom. The van der Waals surface area contributed by atoms with Crippen molar-refractivity contribution in [2.75, 3.05) is 6.54 Å². The van der Waals surface area contributed by atoms with Crippen LogP contribution < -0.4 is 0 Å². The first-order valence-corrected chi connectivity index (χ1v) is 6.96. The Morgan fingerprint density at radius 3 is 2.61 bits per heavy atom. The maximum atomic E-state index is 11.4. The third-order valence-corrected chi connectivity index (χ3v) is 4.18. The van der Waals surface area contributed by atoms with Crippen molar-refractivity contribution in [1.29, 1.82) is 0 Å². The quantitative estimate of drug-likeness (QED) is 0.663. The normalized spacial score (nSPS) is 16.2. The van der Waals surface area contributed by atoms with E-state index in [1.54, 1.807) is 6.26 Å². The summed E-state index contributed by atoms with van der Waals surface area (Å²) >= 11 is 0. The average Bonchev–Trinajstić information content (AvgIpc) is 3.13. The molecule has 18 heavy (non-hydrogen) atoms. The van der Waals surface area contributed by atoms with Gasteiger partial charge in [-0.05, 0) is 37.8 Å². The van der Waals surface area contributed by atoms with Crippen LogP contribution in [0, 0.1) is 5.41 Å². The minimum atomic E-state index is -0.185. The highest BCUT2D eigenvalue weighted by molar-refractivity contribution is 5.59. The summed E-state index contributed by atoms with van der Waals surface area (Å²) in [6.07, 6.45) is 7.20. The molecule has 2 rings (SSSR count). The molecular formula is C15H23NO2. The molecule has 1 aliphatic rings. The van der Waals surface area contributed by atoms with Gasteiger partial charge in [0.2, 0.25) is 0 Å². The van der Waals surface area contributed by atoms with E-state index in [2.05, 4.69) is 18.7 Å². The van der Waals surface area contributed by atoms with Crippen LogP contribution in [0.5, 0.6) is 0 Å². The minimum Gasteiger partial charge on any atom is -0.468 e. The second-order valence-corrected chi connectivity index (χ2v) is 5.40. The zero-order chi connectivity index (χ0) is 13.0. The lowest BCUT2D eigenvalue weighted by molar-refractivity contribution is -0.118. The topological polar surface area (TPSA) is 33.5 Å². The van der Waals surface area contributed by atoms with Crippen LogP contribution in [-0.4, -0.2) is 23.8 Å². The van der Waals surface area contributed by atoms with Crippen molar-refractivity contribution >= 4 is 6.29 Å². The Labute approximate surface area is 109 Å². The summed E-state index contributed by atoms with van der Waals surface area (Å²) in [7, 11) is 0. The molecule has 0 aromatic carbocycles. The van der Waals surface area contributed by atoms with Crippen molar-refractivity contribution in [3.05, 3.63) is 24.2 Å². The lowest BCUT2D eigenvalue weighted by atomic mass is 9.83. The standard InChI is InChI=1S/C15H23NO2/c1-3-15(4-2,12-17)11-16(13-7-8-13)10-14-6-5-9-18-14/h5-6,9,12-13H,3-4,7-8,10-11H2,1-2H3. The van der Waals surface area contributed by atoms with Crippen LogP contribution in [0.3, 0.4) is 0 Å². The van der Waals surface area contributed by atoms with Gasteiger partial charge in [0, 0.05) is 18.0 Å². The number of furan rings is 1. The number of aldehydes is 1. The molecule has 100 valence electrons. The zero-order valence-electron chi connectivity index (χ0n) is 11.4. The molecule has 1 aromatic rings. The number of rotatable bonds is 8. The number of carbonyl (C=O) groups excluding carboxylic acids is 1. The van der Waals surface area contributed by atoms with Crippen LogP contribution in [-0.2, 0) is 11.3 Å². The van der Waals surface area contributed by atoms with Crippen molar-refractivity contribution in [2.24, 2.45) is 5.41 Å². The van der Waals surface area contributed by atoms with Crippen LogP contribution in [0.2, 0.25) is 0 Å². The van der Waals surface area contributed by atoms with E-state index < -0.39 is 0 Å². The van der Waals surface area contributed by atoms with Gasteiger partial charge >= 0.3 is 0 Å². The summed E-state index contributed by atoms with van der Waals surface area (Å²) in [6, 6.07) is 4.58. The van der Waals surface area contributed by atoms with Gasteiger partial charge in [0.15, 0.2) is 0 Å². The summed E-state index contributed by atoms with van der Waals surface area (Å²) in [5.41, 5.74) is -0.185. The van der Waals surface area contributed by atoms with Gasteiger partial charge in [-0.25, -0.2) is 0 Å². The van der Waals surface area contributed by atoms with Crippen LogP contribution in [0.15, 0.2) is 22.8 Å². The van der Waals surface area contributed by atoms with Crippen molar-refractivity contribution in [1.82, 2.24) is 4.90 Å². The first-order valence-electron chi connectivity index (χ1n) is 6.96. The van der Waals surface area contributed by atoms with Crippen LogP contribution in [0.1, 0.15) is 45.3 Å². The molecule has 1 heterocycles. The van der Waals surface area contributed by atoms with Gasteiger partial charge in [-0.1, -0.05) is 13.8 Å². The first kappa shape index (κ1) is 13.3. The Balaban J connectivity index is 2.03. The van der Waals surface area contributed by atoms with E-state index in [-0.39, 0.29) is 5.41 Å². The Bertz CT molecular complexity index is 364. The molecule has 1 saturated carbocycles. The molecule has 0 atom stereocenters. The SMILES string of the molecule is CCC(C=O)(CC)CN(Cc1ccco1)C1CC1. The molecule has 3 heteroatoms. The van der Waals surface area contributed by atoms with Crippen molar-refractivity contribution in [2.45, 2.75) is 52.1 Å². The Morgan fingerprint density at radius 2 is 2.17 bits per heavy atom. The monoisotopic (exact) mass is 249 g/mol. The average molecular weight is 249 g/mol. The Hall–Kier alpha value is -1.09. The molecule has 0 aliphatic heterocycles. The molecule has 1 aromatic heterocycles. The van der Waals surface area contributed by atoms with Gasteiger partial charge in [0.25, 0.3) is 0 Å². The number of nitrogens with zero attached hydrogens (tertiary/aromatic N) is 1. The first-order chi connectivity index (χ1) is 8.73. The highest BCUT2D eigenvalue weighted by atomic mass is 16.3. The van der Waals surface area contributed by atoms with Crippen molar-refractivity contribution in [3.8, 4) is 0 Å². The van der Waals surface area contributed by atoms with E-state index in [9.17, 15) is 4.79 Å². The molecule has 0 unspecified atom stereocenters. The number of carbonyl (C=O) groups is 1. The van der Waals surface area contributed by atoms with Gasteiger partial charge in [-0.15, -0.1) is 0 Å². The zero-order valence-corrected chi connectivity index (χ0v) is 11.4. The molecule has 0 N–H and O–H groups in total. The van der Waals surface area contributed by atoms with E-state index >= 15 is 0 Å². The molecule has 1 aliphatic carbocycles. The molecule has 0 radical (unpaired) electrons. The van der Waals surface area contributed by atoms with E-state index in [4.69, 9.17) is 4.42 Å². The number of hydrogen-bond acceptors (Lipinski definition) is 3. The Kier molecular flexibility index (Phi) is 4.23. The largest absolute Gasteiger partial charge is 0.468 e. The molecular weight excluding hydrogens is 226 g/mol. The van der Waals surface area contributed by atoms with Gasteiger partial charge in [0.1, 0.15) is 12.0 Å². The van der Waals surface area contributed by atoms with Gasteiger partial charge in [-0.3, -0.25) is 4.90 Å². The second kappa shape index (κ2) is 5.70. The molecule has 0 amide bonds. The molecule has 0 spiro atoms. The third-order valence-electron chi connectivity index (χ3n) is 4.18. The lowest BCUT2D eigenvalue weighted by Crippen LogP contribution is -2.39. The predicted octanol–water partition coefficient (Wildman–Crippen LogP) is 3.25. The van der Waals surface area contributed by atoms with Gasteiger partial charge in [-0.2, -0.15) is 0 Å². The summed E-state index contributed by atoms with van der Waals surface area (Å²) in [5.74, 6) is 0.994. The summed E-state index contributed by atoms with van der Waals surface area (Å²) in [4.78, 5) is 13.8. The molecule has 0 saturated heterocycles. The molecule has 1 fully saturated rings. The van der Waals surface area contributed by atoms with E-state index in [0.29, 0.717) is 6.04 Å². The highest BCUT2D eigenvalue weighted by Gasteiger charge is 2.36. The van der Waals surface area contributed by atoms with Crippen LogP contribution >= 0.6 is 0 Å². The summed E-state index contributed by atoms with van der Waals surface area (Å²) in [5, 5.41) is 0. The van der Waals surface area contributed by atoms with E-state index in [1.165, 1.54) is 12.8 Å². The van der Waals surface area contributed by atoms with Gasteiger partial charge < -0.3 is 9.21 Å². The maximum absolute atomic E-state index is 11.4. The fourth-order valence-electron chi connectivity index (χ4n) is 2.44. The third kappa shape index (κ3) is 3.02. The van der Waals surface area contributed by atoms with Crippen LogP contribution in [0.25, 0.3) is 0 Å². The maximum Gasteiger partial charge on any atom is 0.127 e. The van der Waals surface area contributed by atoms with Crippen LogP contribution in [0.4, 0.5) is 0 Å². The van der Waals surface area contributed by atoms with Crippen molar-refractivity contribution < 1.29 is 9.21 Å². The summed E-state index contributed by atoms with van der Waals surface area (Å²) < 4.78 is 5.43. The molecule has 0 bridgehead atoms. The fraction of sp³-hybridized carbons (Fsp3) is 0.667.